The van der Waals surface area contributed by atoms with Crippen LogP contribution in [0.3, 0.4) is 0 Å². The average Bonchev–Trinajstić information content (AvgIpc) is 2.98. The number of aromatic amines is 1. The number of aromatic nitrogens is 2. The van der Waals surface area contributed by atoms with Crippen molar-refractivity contribution in [2.75, 3.05) is 13.1 Å². The Morgan fingerprint density at radius 3 is 2.81 bits per heavy atom. The van der Waals surface area contributed by atoms with Crippen molar-refractivity contribution in [1.82, 2.24) is 25.1 Å². The van der Waals surface area contributed by atoms with E-state index in [9.17, 15) is 19.2 Å². The first-order valence-electron chi connectivity index (χ1n) is 10.9. The predicted octanol–water partition coefficient (Wildman–Crippen LogP) is 2.43. The van der Waals surface area contributed by atoms with E-state index in [-0.39, 0.29) is 30.5 Å². The predicted molar refractivity (Wildman–Crippen MR) is 119 cm³/mol. The van der Waals surface area contributed by atoms with Gasteiger partial charge in [-0.2, -0.15) is 0 Å². The molecule has 32 heavy (non-hydrogen) atoms. The lowest BCUT2D eigenvalue weighted by Crippen LogP contribution is -2.54. The highest BCUT2D eigenvalue weighted by atomic mass is 35.5. The molecule has 2 unspecified atom stereocenters. The van der Waals surface area contributed by atoms with E-state index < -0.39 is 17.5 Å². The van der Waals surface area contributed by atoms with Crippen molar-refractivity contribution in [3.8, 4) is 0 Å². The lowest BCUT2D eigenvalue weighted by atomic mass is 9.73. The molecule has 0 radical (unpaired) electrons. The summed E-state index contributed by atoms with van der Waals surface area (Å²) in [6, 6.07) is 4.27. The van der Waals surface area contributed by atoms with Crippen molar-refractivity contribution < 1.29 is 14.4 Å². The number of hydrogen-bond acceptors (Lipinski definition) is 5. The maximum Gasteiger partial charge on any atom is 0.325 e. The Balaban J connectivity index is 1.51. The van der Waals surface area contributed by atoms with Crippen LogP contribution >= 0.6 is 11.6 Å². The maximum atomic E-state index is 13.1. The number of hydrogen-bond donors (Lipinski definition) is 2. The fourth-order valence-electron chi connectivity index (χ4n) is 4.67. The summed E-state index contributed by atoms with van der Waals surface area (Å²) in [4.78, 5) is 60.6. The second-order valence-electron chi connectivity index (χ2n) is 8.52. The first-order valence-corrected chi connectivity index (χ1v) is 11.2. The highest BCUT2D eigenvalue weighted by Crippen LogP contribution is 2.38. The molecule has 2 aromatic rings. The molecule has 1 saturated heterocycles. The molecule has 9 nitrogen and oxygen atoms in total. The third kappa shape index (κ3) is 3.85. The van der Waals surface area contributed by atoms with E-state index in [1.54, 1.807) is 25.1 Å². The maximum absolute atomic E-state index is 13.1. The molecule has 2 heterocycles. The van der Waals surface area contributed by atoms with Gasteiger partial charge in [0.05, 0.1) is 17.4 Å². The van der Waals surface area contributed by atoms with Crippen molar-refractivity contribution in [1.29, 1.82) is 0 Å². The summed E-state index contributed by atoms with van der Waals surface area (Å²) < 4.78 is 0. The Morgan fingerprint density at radius 1 is 1.31 bits per heavy atom. The molecule has 170 valence electrons. The molecule has 1 aliphatic heterocycles. The van der Waals surface area contributed by atoms with Crippen molar-refractivity contribution in [3.63, 3.8) is 0 Å². The third-order valence-electron chi connectivity index (χ3n) is 6.59. The number of urea groups is 1. The van der Waals surface area contributed by atoms with Crippen LogP contribution < -0.4 is 10.9 Å². The largest absolute Gasteiger partial charge is 0.334 e. The molecule has 10 heteroatoms. The first kappa shape index (κ1) is 22.3. The van der Waals surface area contributed by atoms with Gasteiger partial charge in [0, 0.05) is 11.6 Å². The van der Waals surface area contributed by atoms with Gasteiger partial charge in [-0.1, -0.05) is 31.4 Å². The van der Waals surface area contributed by atoms with Crippen LogP contribution in [0.15, 0.2) is 23.0 Å². The number of likely N-dealkylation sites (N-methyl/N-ethyl adjacent to an activating group) is 1. The van der Waals surface area contributed by atoms with Crippen LogP contribution in [0.2, 0.25) is 5.02 Å². The molecule has 1 aliphatic carbocycles. The van der Waals surface area contributed by atoms with Gasteiger partial charge < -0.3 is 15.2 Å². The average molecular weight is 460 g/mol. The van der Waals surface area contributed by atoms with E-state index in [1.807, 2.05) is 6.92 Å². The summed E-state index contributed by atoms with van der Waals surface area (Å²) >= 11 is 6.01. The molecular formula is C22H26ClN5O4. The molecule has 1 aromatic heterocycles. The Hall–Kier alpha value is -2.94. The molecule has 4 rings (SSSR count). The van der Waals surface area contributed by atoms with Gasteiger partial charge in [-0.25, -0.2) is 9.78 Å². The van der Waals surface area contributed by atoms with Gasteiger partial charge in [0.1, 0.15) is 17.9 Å². The van der Waals surface area contributed by atoms with Gasteiger partial charge in [-0.15, -0.1) is 0 Å². The van der Waals surface area contributed by atoms with E-state index in [4.69, 9.17) is 11.6 Å². The van der Waals surface area contributed by atoms with Crippen LogP contribution in [0.5, 0.6) is 0 Å². The number of benzene rings is 1. The molecule has 4 amide bonds. The van der Waals surface area contributed by atoms with E-state index >= 15 is 0 Å². The standard InChI is InChI=1S/C22H26ClN5O4/c1-3-27(11-17-24-16-10-14(23)7-8-15(16)19(30)25-17)18(29)12-28-20(31)22(26-21(28)32)9-5-4-6-13(22)2/h7-8,10,13H,3-6,9,11-12H2,1-2H3,(H,26,32)(H,24,25,30). The van der Waals surface area contributed by atoms with Crippen LogP contribution in [-0.4, -0.2) is 56.2 Å². The molecule has 2 aliphatic rings. The summed E-state index contributed by atoms with van der Waals surface area (Å²) in [5.74, 6) is -0.403. The zero-order chi connectivity index (χ0) is 23.0. The second kappa shape index (κ2) is 8.54. The minimum absolute atomic E-state index is 0.0220. The lowest BCUT2D eigenvalue weighted by molar-refractivity contribution is -0.140. The van der Waals surface area contributed by atoms with Gasteiger partial charge in [0.2, 0.25) is 5.91 Å². The number of carbonyl (C=O) groups is 3. The van der Waals surface area contributed by atoms with Crippen molar-refractivity contribution in [2.45, 2.75) is 51.6 Å². The molecule has 0 bridgehead atoms. The molecule has 1 aromatic carbocycles. The zero-order valence-electron chi connectivity index (χ0n) is 18.1. The highest BCUT2D eigenvalue weighted by molar-refractivity contribution is 6.31. The van der Waals surface area contributed by atoms with E-state index in [0.717, 1.165) is 24.2 Å². The minimum atomic E-state index is -0.906. The van der Waals surface area contributed by atoms with Gasteiger partial charge in [-0.3, -0.25) is 19.3 Å². The SMILES string of the molecule is CCN(Cc1nc2cc(Cl)ccc2c(=O)[nH]1)C(=O)CN1C(=O)NC2(CCCCC2C)C1=O. The molecule has 2 N–H and O–H groups in total. The van der Waals surface area contributed by atoms with Crippen molar-refractivity contribution in [3.05, 3.63) is 39.4 Å². The Morgan fingerprint density at radius 2 is 2.09 bits per heavy atom. The normalized spacial score (nSPS) is 23.1. The fourth-order valence-corrected chi connectivity index (χ4v) is 4.83. The van der Waals surface area contributed by atoms with Crippen LogP contribution in [0, 0.1) is 5.92 Å². The number of halogens is 1. The van der Waals surface area contributed by atoms with Gasteiger partial charge in [0.15, 0.2) is 0 Å². The number of nitrogens with one attached hydrogen (secondary N) is 2. The van der Waals surface area contributed by atoms with Gasteiger partial charge >= 0.3 is 6.03 Å². The van der Waals surface area contributed by atoms with Crippen LogP contribution in [0.25, 0.3) is 10.9 Å². The summed E-state index contributed by atoms with van der Waals surface area (Å²) in [6.07, 6.45) is 3.34. The quantitative estimate of drug-likeness (QED) is 0.666. The highest BCUT2D eigenvalue weighted by Gasteiger charge is 2.55. The smallest absolute Gasteiger partial charge is 0.325 e. The number of imide groups is 1. The molecule has 2 fully saturated rings. The number of carbonyl (C=O) groups excluding carboxylic acids is 3. The third-order valence-corrected chi connectivity index (χ3v) is 6.82. The Kier molecular flexibility index (Phi) is 5.94. The molecule has 2 atom stereocenters. The summed E-state index contributed by atoms with van der Waals surface area (Å²) in [7, 11) is 0. The van der Waals surface area contributed by atoms with Gasteiger partial charge in [0.25, 0.3) is 11.5 Å². The van der Waals surface area contributed by atoms with Crippen LogP contribution in [0.4, 0.5) is 4.79 Å². The summed E-state index contributed by atoms with van der Waals surface area (Å²) in [5, 5.41) is 3.71. The van der Waals surface area contributed by atoms with Crippen molar-refractivity contribution in [2.24, 2.45) is 5.92 Å². The zero-order valence-corrected chi connectivity index (χ0v) is 18.9. The summed E-state index contributed by atoms with van der Waals surface area (Å²) in [6.45, 7) is 3.76. The monoisotopic (exact) mass is 459 g/mol. The number of fused-ring (bicyclic) bond motifs is 1. The summed E-state index contributed by atoms with van der Waals surface area (Å²) in [5.41, 5.74) is -0.800. The molecule has 1 spiro atoms. The fraction of sp³-hybridized carbons (Fsp3) is 0.500. The first-order chi connectivity index (χ1) is 15.2. The van der Waals surface area contributed by atoms with Crippen LogP contribution in [-0.2, 0) is 16.1 Å². The van der Waals surface area contributed by atoms with Crippen molar-refractivity contribution >= 4 is 40.3 Å². The second-order valence-corrected chi connectivity index (χ2v) is 8.96. The topological polar surface area (TPSA) is 115 Å². The lowest BCUT2D eigenvalue weighted by Gasteiger charge is -2.36. The molecule has 1 saturated carbocycles. The Labute approximate surface area is 190 Å². The van der Waals surface area contributed by atoms with E-state index in [2.05, 4.69) is 15.3 Å². The van der Waals surface area contributed by atoms with E-state index in [1.165, 1.54) is 4.90 Å². The number of nitrogens with zero attached hydrogens (tertiary/aromatic N) is 3. The molecular weight excluding hydrogens is 434 g/mol. The van der Waals surface area contributed by atoms with Crippen LogP contribution in [0.1, 0.15) is 45.4 Å². The Bertz CT molecular complexity index is 1150. The van der Waals surface area contributed by atoms with E-state index in [0.29, 0.717) is 34.7 Å². The minimum Gasteiger partial charge on any atom is -0.334 e. The number of H-pyrrole nitrogens is 1. The van der Waals surface area contributed by atoms with Gasteiger partial charge in [-0.05, 0) is 43.9 Å². The number of rotatable bonds is 5. The number of amides is 4.